The molecule has 1 unspecified atom stereocenters. The largest absolute Gasteiger partial charge is 0.202 e. The van der Waals surface area contributed by atoms with Crippen molar-refractivity contribution in [2.45, 2.75) is 180 Å². The number of pyridine rings is 1. The minimum atomic E-state index is 0.711. The molecular weight excluding hydrogens is 410 g/mol. The van der Waals surface area contributed by atoms with Gasteiger partial charge in [0.25, 0.3) is 0 Å². The summed E-state index contributed by atoms with van der Waals surface area (Å²) < 4.78 is 2.49. The van der Waals surface area contributed by atoms with Crippen molar-refractivity contribution >= 4 is 0 Å². The fraction of sp³-hybridized carbons (Fsp3) is 0.848. The predicted octanol–water partition coefficient (Wildman–Crippen LogP) is 11.3. The Morgan fingerprint density at radius 2 is 0.676 bits per heavy atom. The highest BCUT2D eigenvalue weighted by atomic mass is 15.0. The Hall–Kier alpha value is -0.850. The minimum absolute atomic E-state index is 0.711. The van der Waals surface area contributed by atoms with Gasteiger partial charge in [-0.05, 0) is 12.8 Å². The van der Waals surface area contributed by atoms with E-state index in [1.54, 1.807) is 0 Å². The molecule has 0 aliphatic rings. The molecule has 1 aromatic heterocycles. The van der Waals surface area contributed by atoms with Gasteiger partial charge in [-0.1, -0.05) is 155 Å². The first-order valence-corrected chi connectivity index (χ1v) is 15.8. The number of aromatic nitrogens is 1. The smallest absolute Gasteiger partial charge is 0.169 e. The maximum Gasteiger partial charge on any atom is 0.169 e. The second-order valence-corrected chi connectivity index (χ2v) is 11.0. The van der Waals surface area contributed by atoms with Crippen LogP contribution in [0.5, 0.6) is 0 Å². The third-order valence-corrected chi connectivity index (χ3v) is 7.69. The normalized spacial score (nSPS) is 12.3. The number of hydrogen-bond acceptors (Lipinski definition) is 0. The lowest BCUT2D eigenvalue weighted by atomic mass is 9.99. The predicted molar refractivity (Wildman–Crippen MR) is 152 cm³/mol. The van der Waals surface area contributed by atoms with Crippen LogP contribution in [0.3, 0.4) is 0 Å². The highest BCUT2D eigenvalue weighted by Crippen LogP contribution is 2.20. The maximum absolute atomic E-state index is 2.49. The van der Waals surface area contributed by atoms with Crippen LogP contribution >= 0.6 is 0 Å². The Balaban J connectivity index is 2.05. The number of unbranched alkanes of at least 4 members (excludes halogenated alkanes) is 21. The molecular formula is C33H62N+. The zero-order valence-corrected chi connectivity index (χ0v) is 23.6. The van der Waals surface area contributed by atoms with Gasteiger partial charge >= 0.3 is 0 Å². The Bertz CT molecular complexity index is 497. The van der Waals surface area contributed by atoms with Crippen molar-refractivity contribution in [3.63, 3.8) is 0 Å². The fourth-order valence-corrected chi connectivity index (χ4v) is 5.36. The SMILES string of the molecule is CCCCCCCCCCCCCCC(CCCCCCCCCCCCC)[n+]1ccccc1. The molecule has 1 rings (SSSR count). The number of rotatable bonds is 26. The molecule has 1 atom stereocenters. The van der Waals surface area contributed by atoms with Crippen LogP contribution in [0.1, 0.15) is 180 Å². The van der Waals surface area contributed by atoms with Crippen molar-refractivity contribution in [1.29, 1.82) is 0 Å². The fourth-order valence-electron chi connectivity index (χ4n) is 5.36. The standard InChI is InChI=1S/C33H62N/c1-3-5-7-9-11-13-15-17-19-21-23-26-30-33(34-31-27-24-28-32-34)29-25-22-20-18-16-14-12-10-8-6-4-2/h24,27-28,31-33H,3-23,25-26,29-30H2,1-2H3/q+1. The summed E-state index contributed by atoms with van der Waals surface area (Å²) in [7, 11) is 0. The van der Waals surface area contributed by atoms with Crippen molar-refractivity contribution in [3.05, 3.63) is 30.6 Å². The average Bonchev–Trinajstić information content (AvgIpc) is 2.87. The molecule has 0 amide bonds. The summed E-state index contributed by atoms with van der Waals surface area (Å²) in [5.74, 6) is 0. The van der Waals surface area contributed by atoms with E-state index in [9.17, 15) is 0 Å². The molecule has 0 aliphatic heterocycles. The average molecular weight is 473 g/mol. The van der Waals surface area contributed by atoms with Crippen LogP contribution in [0.4, 0.5) is 0 Å². The topological polar surface area (TPSA) is 3.88 Å². The van der Waals surface area contributed by atoms with Crippen LogP contribution in [0.2, 0.25) is 0 Å². The van der Waals surface area contributed by atoms with Crippen LogP contribution in [0, 0.1) is 0 Å². The summed E-state index contributed by atoms with van der Waals surface area (Å²) in [4.78, 5) is 0. The van der Waals surface area contributed by atoms with E-state index in [1.165, 1.54) is 161 Å². The Morgan fingerprint density at radius 3 is 1.00 bits per heavy atom. The molecule has 0 saturated carbocycles. The molecule has 0 N–H and O–H groups in total. The highest BCUT2D eigenvalue weighted by Gasteiger charge is 2.16. The van der Waals surface area contributed by atoms with E-state index in [0.717, 1.165) is 0 Å². The zero-order valence-electron chi connectivity index (χ0n) is 23.6. The molecule has 0 spiro atoms. The first-order chi connectivity index (χ1) is 16.9. The van der Waals surface area contributed by atoms with E-state index in [4.69, 9.17) is 0 Å². The van der Waals surface area contributed by atoms with Gasteiger partial charge < -0.3 is 0 Å². The molecule has 0 radical (unpaired) electrons. The van der Waals surface area contributed by atoms with Gasteiger partial charge in [0.15, 0.2) is 18.4 Å². The van der Waals surface area contributed by atoms with Crippen molar-refractivity contribution in [2.75, 3.05) is 0 Å². The quantitative estimate of drug-likeness (QED) is 0.0932. The van der Waals surface area contributed by atoms with Gasteiger partial charge in [0, 0.05) is 25.0 Å². The third kappa shape index (κ3) is 19.5. The Kier molecular flexibility index (Phi) is 23.2. The molecule has 1 aromatic rings. The van der Waals surface area contributed by atoms with Crippen molar-refractivity contribution in [1.82, 2.24) is 0 Å². The molecule has 0 bridgehead atoms. The summed E-state index contributed by atoms with van der Waals surface area (Å²) in [5, 5.41) is 0. The lowest BCUT2D eigenvalue weighted by Gasteiger charge is -2.13. The van der Waals surface area contributed by atoms with Crippen molar-refractivity contribution < 1.29 is 4.57 Å². The lowest BCUT2D eigenvalue weighted by Crippen LogP contribution is -2.38. The van der Waals surface area contributed by atoms with E-state index in [0.29, 0.717) is 6.04 Å². The second kappa shape index (κ2) is 25.2. The van der Waals surface area contributed by atoms with Gasteiger partial charge in [-0.15, -0.1) is 0 Å². The molecule has 1 nitrogen and oxygen atoms in total. The van der Waals surface area contributed by atoms with E-state index in [2.05, 4.69) is 49.0 Å². The van der Waals surface area contributed by atoms with Gasteiger partial charge in [0.1, 0.15) is 0 Å². The van der Waals surface area contributed by atoms with E-state index >= 15 is 0 Å². The molecule has 0 aliphatic carbocycles. The summed E-state index contributed by atoms with van der Waals surface area (Å²) in [6, 6.07) is 7.27. The van der Waals surface area contributed by atoms with Crippen LogP contribution in [-0.4, -0.2) is 0 Å². The number of nitrogens with zero attached hydrogens (tertiary/aromatic N) is 1. The van der Waals surface area contributed by atoms with Crippen LogP contribution in [0.25, 0.3) is 0 Å². The monoisotopic (exact) mass is 472 g/mol. The Labute approximate surface area is 215 Å². The molecule has 34 heavy (non-hydrogen) atoms. The molecule has 1 heterocycles. The van der Waals surface area contributed by atoms with E-state index in [-0.39, 0.29) is 0 Å². The minimum Gasteiger partial charge on any atom is -0.202 e. The molecule has 0 saturated heterocycles. The highest BCUT2D eigenvalue weighted by molar-refractivity contribution is 4.84. The molecule has 198 valence electrons. The van der Waals surface area contributed by atoms with Gasteiger partial charge in [0.05, 0.1) is 0 Å². The van der Waals surface area contributed by atoms with Crippen molar-refractivity contribution in [2.24, 2.45) is 0 Å². The lowest BCUT2D eigenvalue weighted by molar-refractivity contribution is -0.724. The first-order valence-electron chi connectivity index (χ1n) is 15.8. The van der Waals surface area contributed by atoms with Crippen LogP contribution < -0.4 is 4.57 Å². The van der Waals surface area contributed by atoms with Gasteiger partial charge in [0.2, 0.25) is 0 Å². The molecule has 0 fully saturated rings. The molecule has 1 heteroatoms. The second-order valence-electron chi connectivity index (χ2n) is 11.0. The Morgan fingerprint density at radius 1 is 0.382 bits per heavy atom. The van der Waals surface area contributed by atoms with E-state index < -0.39 is 0 Å². The summed E-state index contributed by atoms with van der Waals surface area (Å²) in [6.07, 6.45) is 40.5. The van der Waals surface area contributed by atoms with Gasteiger partial charge in [-0.25, -0.2) is 4.57 Å². The zero-order chi connectivity index (χ0) is 24.4. The third-order valence-electron chi connectivity index (χ3n) is 7.69. The summed E-state index contributed by atoms with van der Waals surface area (Å²) in [5.41, 5.74) is 0. The summed E-state index contributed by atoms with van der Waals surface area (Å²) >= 11 is 0. The molecule has 0 aromatic carbocycles. The van der Waals surface area contributed by atoms with Crippen molar-refractivity contribution in [3.8, 4) is 0 Å². The summed E-state index contributed by atoms with van der Waals surface area (Å²) in [6.45, 7) is 4.61. The first kappa shape index (κ1) is 31.2. The van der Waals surface area contributed by atoms with E-state index in [1.807, 2.05) is 0 Å². The maximum atomic E-state index is 2.49. The van der Waals surface area contributed by atoms with Gasteiger partial charge in [-0.2, -0.15) is 0 Å². The van der Waals surface area contributed by atoms with Crippen LogP contribution in [-0.2, 0) is 0 Å². The van der Waals surface area contributed by atoms with Gasteiger partial charge in [-0.3, -0.25) is 0 Å². The number of hydrogen-bond donors (Lipinski definition) is 0. The van der Waals surface area contributed by atoms with Crippen LogP contribution in [0.15, 0.2) is 30.6 Å².